The van der Waals surface area contributed by atoms with Crippen LogP contribution in [-0.4, -0.2) is 16.8 Å². The van der Waals surface area contributed by atoms with E-state index >= 15 is 0 Å². The minimum Gasteiger partial charge on any atom is -0.441 e. The van der Waals surface area contributed by atoms with Crippen molar-refractivity contribution < 1.29 is 14.1 Å². The highest BCUT2D eigenvalue weighted by atomic mass is 79.9. The van der Waals surface area contributed by atoms with Crippen LogP contribution in [0.3, 0.4) is 0 Å². The van der Waals surface area contributed by atoms with Crippen molar-refractivity contribution in [3.8, 4) is 5.88 Å². The summed E-state index contributed by atoms with van der Waals surface area (Å²) in [4.78, 5) is 13.2. The Morgan fingerprint density at radius 3 is 3.00 bits per heavy atom. The van der Waals surface area contributed by atoms with Gasteiger partial charge in [0.2, 0.25) is 6.86 Å². The van der Waals surface area contributed by atoms with Crippen molar-refractivity contribution >= 4 is 21.6 Å². The molecule has 0 atom stereocenters. The van der Waals surface area contributed by atoms with Crippen molar-refractivity contribution in [3.63, 3.8) is 0 Å². The summed E-state index contributed by atoms with van der Waals surface area (Å²) in [6.07, 6.45) is 1.29. The van der Waals surface area contributed by atoms with Gasteiger partial charge in [-0.05, 0) is 15.9 Å². The molecule has 0 saturated carbocycles. The molecule has 0 radical (unpaired) electrons. The van der Waals surface area contributed by atoms with E-state index in [1.54, 1.807) is 0 Å². The van der Waals surface area contributed by atoms with Crippen molar-refractivity contribution in [2.24, 2.45) is 0 Å². The van der Waals surface area contributed by atoms with Crippen LogP contribution in [0.5, 0.6) is 5.88 Å². The number of hydrogen-bond donors (Lipinski definition) is 0. The standard InChI is InChI=1S/C6H4BrFN2O3/c7-4-1-5(10(11)12)6(9-2-4)13-3-8/h1-2H,3H2. The summed E-state index contributed by atoms with van der Waals surface area (Å²) in [6, 6.07) is 1.19. The van der Waals surface area contributed by atoms with Crippen molar-refractivity contribution in [1.82, 2.24) is 4.98 Å². The zero-order valence-electron chi connectivity index (χ0n) is 6.24. The van der Waals surface area contributed by atoms with Gasteiger partial charge in [-0.3, -0.25) is 10.1 Å². The monoisotopic (exact) mass is 250 g/mol. The number of alkyl halides is 1. The van der Waals surface area contributed by atoms with E-state index in [1.807, 2.05) is 0 Å². The Balaban J connectivity index is 3.10. The van der Waals surface area contributed by atoms with E-state index in [1.165, 1.54) is 12.3 Å². The summed E-state index contributed by atoms with van der Waals surface area (Å²) in [5, 5.41) is 10.4. The van der Waals surface area contributed by atoms with Gasteiger partial charge in [0.25, 0.3) is 5.88 Å². The van der Waals surface area contributed by atoms with E-state index in [2.05, 4.69) is 25.7 Å². The molecule has 5 nitrogen and oxygen atoms in total. The first-order valence-corrected chi connectivity index (χ1v) is 3.93. The van der Waals surface area contributed by atoms with Crippen molar-refractivity contribution in [2.75, 3.05) is 6.86 Å². The molecule has 1 aromatic heterocycles. The number of rotatable bonds is 3. The molecule has 1 aromatic rings. The Bertz CT molecular complexity index is 334. The first-order valence-electron chi connectivity index (χ1n) is 3.14. The first kappa shape index (κ1) is 9.85. The van der Waals surface area contributed by atoms with Gasteiger partial charge in [-0.15, -0.1) is 0 Å². The summed E-state index contributed by atoms with van der Waals surface area (Å²) < 4.78 is 16.5. The minimum atomic E-state index is -1.14. The van der Waals surface area contributed by atoms with E-state index in [0.717, 1.165) is 0 Å². The van der Waals surface area contributed by atoms with Crippen LogP contribution in [0.4, 0.5) is 10.1 Å². The summed E-state index contributed by atoms with van der Waals surface area (Å²) in [5.41, 5.74) is -0.368. The molecule has 0 fully saturated rings. The van der Waals surface area contributed by atoms with Crippen molar-refractivity contribution in [1.29, 1.82) is 0 Å². The molecule has 0 aliphatic heterocycles. The zero-order valence-corrected chi connectivity index (χ0v) is 7.82. The molecule has 13 heavy (non-hydrogen) atoms. The molecular formula is C6H4BrFN2O3. The van der Waals surface area contributed by atoms with Gasteiger partial charge in [0.1, 0.15) is 0 Å². The van der Waals surface area contributed by atoms with E-state index in [9.17, 15) is 14.5 Å². The lowest BCUT2D eigenvalue weighted by Gasteiger charge is -2.00. The van der Waals surface area contributed by atoms with Crippen LogP contribution in [0.15, 0.2) is 16.7 Å². The fraction of sp³-hybridized carbons (Fsp3) is 0.167. The summed E-state index contributed by atoms with van der Waals surface area (Å²) in [6.45, 7) is -1.14. The molecule has 1 heterocycles. The molecule has 0 bridgehead atoms. The average Bonchev–Trinajstić information content (AvgIpc) is 2.08. The number of nitro groups is 1. The van der Waals surface area contributed by atoms with Gasteiger partial charge in [-0.25, -0.2) is 9.37 Å². The molecule has 0 aromatic carbocycles. The van der Waals surface area contributed by atoms with Crippen molar-refractivity contribution in [3.05, 3.63) is 26.9 Å². The number of ether oxygens (including phenoxy) is 1. The fourth-order valence-electron chi connectivity index (χ4n) is 0.710. The number of pyridine rings is 1. The Morgan fingerprint density at radius 1 is 1.77 bits per heavy atom. The lowest BCUT2D eigenvalue weighted by molar-refractivity contribution is -0.386. The number of hydrogen-bond acceptors (Lipinski definition) is 4. The predicted molar refractivity (Wildman–Crippen MR) is 45.2 cm³/mol. The maximum Gasteiger partial charge on any atom is 0.332 e. The molecular weight excluding hydrogens is 247 g/mol. The third kappa shape index (κ3) is 2.35. The van der Waals surface area contributed by atoms with E-state index in [4.69, 9.17) is 0 Å². The average molecular weight is 251 g/mol. The van der Waals surface area contributed by atoms with Crippen molar-refractivity contribution in [2.45, 2.75) is 0 Å². The van der Waals surface area contributed by atoms with Gasteiger partial charge in [0, 0.05) is 16.7 Å². The summed E-state index contributed by atoms with van der Waals surface area (Å²) in [5.74, 6) is -0.323. The van der Waals surface area contributed by atoms with Gasteiger partial charge >= 0.3 is 5.69 Å². The van der Waals surface area contributed by atoms with Crippen LogP contribution in [0.25, 0.3) is 0 Å². The molecule has 1 rings (SSSR count). The zero-order chi connectivity index (χ0) is 9.84. The molecule has 0 amide bonds. The Hall–Kier alpha value is -1.24. The fourth-order valence-corrected chi connectivity index (χ4v) is 1.03. The summed E-state index contributed by atoms with van der Waals surface area (Å²) in [7, 11) is 0. The third-order valence-electron chi connectivity index (χ3n) is 1.19. The largest absolute Gasteiger partial charge is 0.441 e. The summed E-state index contributed by atoms with van der Waals surface area (Å²) >= 11 is 3.00. The molecule has 0 aliphatic carbocycles. The number of aromatic nitrogens is 1. The molecule has 0 N–H and O–H groups in total. The van der Waals surface area contributed by atoms with Crippen LogP contribution in [-0.2, 0) is 0 Å². The van der Waals surface area contributed by atoms with Crippen LogP contribution >= 0.6 is 15.9 Å². The molecule has 0 aliphatic rings. The Kier molecular flexibility index (Phi) is 3.13. The normalized spacial score (nSPS) is 9.69. The Labute approximate surface area is 80.8 Å². The second-order valence-corrected chi connectivity index (χ2v) is 2.90. The second-order valence-electron chi connectivity index (χ2n) is 1.99. The molecule has 70 valence electrons. The van der Waals surface area contributed by atoms with E-state index in [-0.39, 0.29) is 11.6 Å². The molecule has 0 spiro atoms. The lowest BCUT2D eigenvalue weighted by Crippen LogP contribution is -1.98. The smallest absolute Gasteiger partial charge is 0.332 e. The lowest BCUT2D eigenvalue weighted by atomic mass is 10.4. The topological polar surface area (TPSA) is 65.3 Å². The highest BCUT2D eigenvalue weighted by Crippen LogP contribution is 2.26. The van der Waals surface area contributed by atoms with E-state index in [0.29, 0.717) is 4.47 Å². The molecule has 0 saturated heterocycles. The molecule has 7 heteroatoms. The number of nitrogens with zero attached hydrogens (tertiary/aromatic N) is 2. The van der Waals surface area contributed by atoms with Crippen LogP contribution < -0.4 is 4.74 Å². The predicted octanol–water partition coefficient (Wildman–Crippen LogP) is 2.06. The van der Waals surface area contributed by atoms with Gasteiger partial charge in [0.15, 0.2) is 0 Å². The highest BCUT2D eigenvalue weighted by Gasteiger charge is 2.16. The van der Waals surface area contributed by atoms with Crippen LogP contribution in [0, 0.1) is 10.1 Å². The van der Waals surface area contributed by atoms with Crippen LogP contribution in [0.2, 0.25) is 0 Å². The van der Waals surface area contributed by atoms with Gasteiger partial charge < -0.3 is 4.74 Å². The number of halogens is 2. The third-order valence-corrected chi connectivity index (χ3v) is 1.62. The second kappa shape index (κ2) is 4.13. The quantitative estimate of drug-likeness (QED) is 0.609. The van der Waals surface area contributed by atoms with Gasteiger partial charge in [0.05, 0.1) is 4.92 Å². The SMILES string of the molecule is O=[N+]([O-])c1cc(Br)cnc1OCF. The highest BCUT2D eigenvalue weighted by molar-refractivity contribution is 9.10. The van der Waals surface area contributed by atoms with Crippen LogP contribution in [0.1, 0.15) is 0 Å². The minimum absolute atomic E-state index is 0.323. The van der Waals surface area contributed by atoms with Gasteiger partial charge in [-0.1, -0.05) is 0 Å². The first-order chi connectivity index (χ1) is 6.15. The maximum absolute atomic E-state index is 11.7. The molecule has 0 unspecified atom stereocenters. The maximum atomic E-state index is 11.7. The Morgan fingerprint density at radius 2 is 2.46 bits per heavy atom. The van der Waals surface area contributed by atoms with E-state index < -0.39 is 11.8 Å². The van der Waals surface area contributed by atoms with Gasteiger partial charge in [-0.2, -0.15) is 0 Å².